The molecule has 1 N–H and O–H groups in total. The van der Waals surface area contributed by atoms with Gasteiger partial charge in [-0.1, -0.05) is 96.1 Å². The number of benzene rings is 7. The average Bonchev–Trinajstić information content (AvgIpc) is 3.89. The smallest absolute Gasteiger partial charge is 0.358 e. The summed E-state index contributed by atoms with van der Waals surface area (Å²) < 4.78 is 49.1. The molecule has 0 saturated heterocycles. The first-order valence-corrected chi connectivity index (χ1v) is 22.3. The second-order valence-corrected chi connectivity index (χ2v) is 16.3. The van der Waals surface area contributed by atoms with E-state index in [4.69, 9.17) is 14.2 Å². The van der Waals surface area contributed by atoms with Crippen molar-refractivity contribution >= 4 is 49.6 Å². The topological polar surface area (TPSA) is 101 Å². The predicted molar refractivity (Wildman–Crippen MR) is 266 cm³/mol. The fourth-order valence-corrected chi connectivity index (χ4v) is 8.76. The molecule has 12 heteroatoms. The van der Waals surface area contributed by atoms with E-state index in [1.165, 1.54) is 27.7 Å². The van der Waals surface area contributed by atoms with Crippen LogP contribution in [0.2, 0.25) is 0 Å². The van der Waals surface area contributed by atoms with Gasteiger partial charge in [-0.25, -0.2) is 9.78 Å². The molecular weight excluding hydrogens is 1060 g/mol. The van der Waals surface area contributed by atoms with E-state index in [1.54, 1.807) is 24.4 Å². The van der Waals surface area contributed by atoms with Crippen LogP contribution >= 0.6 is 0 Å². The molecule has 0 fully saturated rings. The number of halogens is 2. The zero-order valence-corrected chi connectivity index (χ0v) is 40.3. The number of para-hydroxylation sites is 4. The summed E-state index contributed by atoms with van der Waals surface area (Å²) >= 11 is 0. The Morgan fingerprint density at radius 3 is 1.66 bits per heavy atom. The third-order valence-electron chi connectivity index (χ3n) is 11.7. The maximum Gasteiger partial charge on any atom is 0.358 e. The van der Waals surface area contributed by atoms with Crippen molar-refractivity contribution in [3.05, 3.63) is 222 Å². The Balaban J connectivity index is 0.000000325. The molecule has 0 aliphatic rings. The molecule has 0 amide bonds. The molecule has 0 unspecified atom stereocenters. The monoisotopic (exact) mass is 1110 g/mol. The molecule has 0 aliphatic carbocycles. The van der Waals surface area contributed by atoms with Crippen LogP contribution in [0.1, 0.15) is 34.1 Å². The van der Waals surface area contributed by atoms with Crippen LogP contribution in [0.5, 0.6) is 17.2 Å². The number of ether oxygens (including phenoxy) is 3. The van der Waals surface area contributed by atoms with Crippen molar-refractivity contribution in [2.75, 3.05) is 6.61 Å². The van der Waals surface area contributed by atoms with Gasteiger partial charge in [-0.2, -0.15) is 0 Å². The van der Waals surface area contributed by atoms with Gasteiger partial charge in [0.1, 0.15) is 24.7 Å². The zero-order valence-electron chi connectivity index (χ0n) is 37.9. The van der Waals surface area contributed by atoms with Gasteiger partial charge in [-0.05, 0) is 103 Å². The number of hydrogen-bond donors (Lipinski definition) is 1. The number of aromatic carboxylic acids is 1. The number of carbonyl (C=O) groups is 1. The molecule has 4 aromatic heterocycles. The Morgan fingerprint density at radius 2 is 1.13 bits per heavy atom. The number of carboxylic acid groups (broad SMARTS) is 1. The summed E-state index contributed by atoms with van der Waals surface area (Å²) in [5.41, 5.74) is 9.77. The van der Waals surface area contributed by atoms with Crippen LogP contribution in [-0.4, -0.2) is 36.8 Å². The van der Waals surface area contributed by atoms with Crippen LogP contribution in [0.25, 0.3) is 66.2 Å². The summed E-state index contributed by atoms with van der Waals surface area (Å²) in [5, 5.41) is 14.4. The quantitative estimate of drug-likeness (QED) is 0.122. The van der Waals surface area contributed by atoms with Gasteiger partial charge in [-0.3, -0.25) is 8.78 Å². The van der Waals surface area contributed by atoms with Gasteiger partial charge in [0, 0.05) is 83.1 Å². The van der Waals surface area contributed by atoms with Gasteiger partial charge in [0.2, 0.25) is 0 Å². The van der Waals surface area contributed by atoms with Crippen LogP contribution in [0.3, 0.4) is 0 Å². The van der Waals surface area contributed by atoms with Crippen molar-refractivity contribution in [1.29, 1.82) is 0 Å². The molecule has 4 heterocycles. The molecule has 7 aromatic carbocycles. The number of aromatic nitrogens is 4. The second kappa shape index (κ2) is 20.6. The Hall–Kier alpha value is -8.18. The van der Waals surface area contributed by atoms with Crippen molar-refractivity contribution in [3.63, 3.8) is 0 Å². The maximum absolute atomic E-state index is 13.4. The fourth-order valence-electron chi connectivity index (χ4n) is 8.76. The van der Waals surface area contributed by atoms with E-state index in [0.717, 1.165) is 62.3 Å². The van der Waals surface area contributed by atoms with Crippen LogP contribution in [0.15, 0.2) is 182 Å². The first-order valence-electron chi connectivity index (χ1n) is 22.3. The summed E-state index contributed by atoms with van der Waals surface area (Å²) in [6, 6.07) is 57.6. The van der Waals surface area contributed by atoms with Crippen molar-refractivity contribution in [1.82, 2.24) is 19.1 Å². The summed E-state index contributed by atoms with van der Waals surface area (Å²) in [5.74, 6) is -1.01. The standard InChI is InChI=1S/C46H35N3O5.C12H8F2N.Ir/c1-2-52-34-24-31(29-54-44-20-11-21-47-45(44)46(50)51)25-35(27-34)53-28-30-22-32(48-40-16-7-3-12-36(40)37-13-4-8-17-41(37)48)26-33(23-30)49-42-18-9-5-14-38(42)39-15-6-10-19-43(39)49;1-8-4-5-15-12(6-8)10-3-2-9(13)7-11(10)14;/h3-27H,2,28-29H2,1H3,(H,50,51);2,4-7H,1H3;/q;-1;. The van der Waals surface area contributed by atoms with Crippen LogP contribution < -0.4 is 14.2 Å². The van der Waals surface area contributed by atoms with Crippen molar-refractivity contribution in [2.45, 2.75) is 27.1 Å². The van der Waals surface area contributed by atoms with Crippen LogP contribution in [0.4, 0.5) is 8.78 Å². The molecule has 0 bridgehead atoms. The SMILES string of the molecule is CCOc1cc(COc2cccnc2C(=O)O)cc(OCc2cc(-n3c4ccccc4c4ccccc43)cc(-n3c4ccccc4c4ccccc43)c2)c1.Cc1ccnc(-c2[c-]cc(F)cc2F)c1.[Ir]. The van der Waals surface area contributed by atoms with Gasteiger partial charge in [-0.15, -0.1) is 12.1 Å². The van der Waals surface area contributed by atoms with E-state index in [1.807, 2.05) is 38.1 Å². The molecular formula is C58H43F2IrN4O5-. The van der Waals surface area contributed by atoms with E-state index in [-0.39, 0.29) is 50.3 Å². The fraction of sp³-hybridized carbons (Fsp3) is 0.0862. The van der Waals surface area contributed by atoms with E-state index in [2.05, 4.69) is 140 Å². The molecule has 0 spiro atoms. The summed E-state index contributed by atoms with van der Waals surface area (Å²) in [4.78, 5) is 19.7. The molecule has 0 atom stereocenters. The number of rotatable bonds is 12. The minimum atomic E-state index is -1.15. The zero-order chi connectivity index (χ0) is 47.4. The molecule has 9 nitrogen and oxygen atoms in total. The predicted octanol–water partition coefficient (Wildman–Crippen LogP) is 13.7. The van der Waals surface area contributed by atoms with E-state index >= 15 is 0 Å². The Kier molecular flexibility index (Phi) is 13.8. The molecule has 0 saturated carbocycles. The molecule has 70 heavy (non-hydrogen) atoms. The van der Waals surface area contributed by atoms with E-state index < -0.39 is 17.6 Å². The molecule has 349 valence electrons. The summed E-state index contributed by atoms with van der Waals surface area (Å²) in [6.45, 7) is 4.65. The second-order valence-electron chi connectivity index (χ2n) is 16.3. The number of aryl methyl sites for hydroxylation is 1. The number of carboxylic acids is 1. The Morgan fingerprint density at radius 1 is 0.600 bits per heavy atom. The summed E-state index contributed by atoms with van der Waals surface area (Å²) in [7, 11) is 0. The van der Waals surface area contributed by atoms with Gasteiger partial charge in [0.25, 0.3) is 0 Å². The first kappa shape index (κ1) is 46.9. The van der Waals surface area contributed by atoms with E-state index in [0.29, 0.717) is 23.8 Å². The van der Waals surface area contributed by atoms with E-state index in [9.17, 15) is 18.7 Å². The minimum Gasteiger partial charge on any atom is -0.494 e. The number of nitrogens with zero attached hydrogens (tertiary/aromatic N) is 4. The minimum absolute atomic E-state index is 0. The molecule has 11 rings (SSSR count). The Labute approximate surface area is 415 Å². The van der Waals surface area contributed by atoms with Crippen LogP contribution in [0, 0.1) is 24.6 Å². The Bertz CT molecular complexity index is 3460. The number of hydrogen-bond acceptors (Lipinski definition) is 6. The van der Waals surface area contributed by atoms with Crippen molar-refractivity contribution in [2.24, 2.45) is 0 Å². The normalized spacial score (nSPS) is 11.0. The van der Waals surface area contributed by atoms with Crippen molar-refractivity contribution in [3.8, 4) is 39.9 Å². The average molecular weight is 1110 g/mol. The van der Waals surface area contributed by atoms with Gasteiger partial charge >= 0.3 is 5.97 Å². The van der Waals surface area contributed by atoms with Gasteiger partial charge in [0.15, 0.2) is 11.4 Å². The molecule has 0 aliphatic heterocycles. The first-order chi connectivity index (χ1) is 33.7. The third kappa shape index (κ3) is 9.60. The molecule has 1 radical (unpaired) electrons. The number of pyridine rings is 2. The largest absolute Gasteiger partial charge is 0.494 e. The maximum atomic E-state index is 13.4. The summed E-state index contributed by atoms with van der Waals surface area (Å²) in [6.07, 6.45) is 3.02. The van der Waals surface area contributed by atoms with Gasteiger partial charge < -0.3 is 33.4 Å². The van der Waals surface area contributed by atoms with Crippen LogP contribution in [-0.2, 0) is 33.3 Å². The van der Waals surface area contributed by atoms with Gasteiger partial charge in [0.05, 0.1) is 28.7 Å². The molecule has 11 aromatic rings. The number of fused-ring (bicyclic) bond motifs is 6. The third-order valence-corrected chi connectivity index (χ3v) is 11.7. The van der Waals surface area contributed by atoms with Crippen molar-refractivity contribution < 1.29 is 53.0 Å².